The lowest BCUT2D eigenvalue weighted by atomic mass is 9.99. The molecule has 1 atom stereocenters. The fourth-order valence-corrected chi connectivity index (χ4v) is 3.27. The van der Waals surface area contributed by atoms with E-state index in [-0.39, 0.29) is 11.9 Å². The Bertz CT molecular complexity index is 726. The Morgan fingerprint density at radius 1 is 1.38 bits per heavy atom. The number of amides is 1. The zero-order valence-electron chi connectivity index (χ0n) is 13.8. The Hall–Kier alpha value is -2.28. The predicted octanol–water partition coefficient (Wildman–Crippen LogP) is 1.38. The van der Waals surface area contributed by atoms with Crippen molar-refractivity contribution in [2.24, 2.45) is 13.0 Å². The molecule has 0 radical (unpaired) electrons. The van der Waals surface area contributed by atoms with Crippen LogP contribution in [0.3, 0.4) is 0 Å². The lowest BCUT2D eigenvalue weighted by Gasteiger charge is -2.35. The van der Waals surface area contributed by atoms with Gasteiger partial charge in [-0.15, -0.1) is 0 Å². The molecule has 0 unspecified atom stereocenters. The summed E-state index contributed by atoms with van der Waals surface area (Å²) in [6.07, 6.45) is 8.22. The fraction of sp³-hybridized carbons (Fsp3) is 0.529. The van der Waals surface area contributed by atoms with Gasteiger partial charge in [0, 0.05) is 26.4 Å². The van der Waals surface area contributed by atoms with Crippen LogP contribution in [0.5, 0.6) is 0 Å². The van der Waals surface area contributed by atoms with E-state index in [1.807, 2.05) is 22.8 Å². The summed E-state index contributed by atoms with van der Waals surface area (Å²) < 4.78 is 7.79. The van der Waals surface area contributed by atoms with E-state index in [9.17, 15) is 4.79 Å². The zero-order chi connectivity index (χ0) is 16.5. The van der Waals surface area contributed by atoms with Gasteiger partial charge in [-0.05, 0) is 36.8 Å². The summed E-state index contributed by atoms with van der Waals surface area (Å²) in [6.45, 7) is 1.93. The van der Waals surface area contributed by atoms with E-state index in [1.165, 1.54) is 24.7 Å². The summed E-state index contributed by atoms with van der Waals surface area (Å²) >= 11 is 0. The number of ether oxygens (including phenoxy) is 1. The molecular weight excluding hydrogens is 306 g/mol. The normalized spacial score (nSPS) is 20.0. The molecule has 0 bridgehead atoms. The number of aryl methyl sites for hydroxylation is 1. The molecule has 126 valence electrons. The number of carbonyl (C=O) groups is 1. The molecule has 1 fully saturated rings. The van der Waals surface area contributed by atoms with E-state index in [0.29, 0.717) is 24.8 Å². The summed E-state index contributed by atoms with van der Waals surface area (Å²) in [6, 6.07) is 1.53. The van der Waals surface area contributed by atoms with Crippen LogP contribution in [-0.2, 0) is 18.2 Å². The average Bonchev–Trinajstić information content (AvgIpc) is 3.37. The van der Waals surface area contributed by atoms with Crippen LogP contribution in [0.2, 0.25) is 0 Å². The first kappa shape index (κ1) is 15.3. The zero-order valence-corrected chi connectivity index (χ0v) is 13.8. The molecule has 7 nitrogen and oxygen atoms in total. The summed E-state index contributed by atoms with van der Waals surface area (Å²) in [4.78, 5) is 22.8. The Kier molecular flexibility index (Phi) is 4.02. The molecule has 1 aliphatic heterocycles. The van der Waals surface area contributed by atoms with Gasteiger partial charge in [-0.3, -0.25) is 9.48 Å². The van der Waals surface area contributed by atoms with Crippen LogP contribution >= 0.6 is 0 Å². The smallest absolute Gasteiger partial charge is 0.273 e. The van der Waals surface area contributed by atoms with Crippen molar-refractivity contribution >= 4 is 5.91 Å². The van der Waals surface area contributed by atoms with Crippen molar-refractivity contribution in [2.45, 2.75) is 25.3 Å². The molecule has 4 rings (SSSR count). The first-order valence-electron chi connectivity index (χ1n) is 8.39. The Balaban J connectivity index is 1.59. The van der Waals surface area contributed by atoms with E-state index in [4.69, 9.17) is 4.74 Å². The van der Waals surface area contributed by atoms with Gasteiger partial charge in [-0.25, -0.2) is 9.97 Å². The molecule has 0 N–H and O–H groups in total. The third-order valence-electron chi connectivity index (χ3n) is 4.77. The maximum absolute atomic E-state index is 12.9. The summed E-state index contributed by atoms with van der Waals surface area (Å²) in [7, 11) is 1.92. The number of fused-ring (bicyclic) bond motifs is 1. The molecule has 1 amide bonds. The standard InChI is InChI=1S/C17H21N5O2/c1-21-16-13(8-20-21)5-7-22(15(16)10-24-9-12-2-3-12)17(23)14-4-6-18-11-19-14/h4,6,8,11-12,15H,2-3,5,7,9-10H2,1H3/t15-/m1/s1. The molecule has 0 saturated heterocycles. The van der Waals surface area contributed by atoms with E-state index >= 15 is 0 Å². The molecule has 2 aromatic heterocycles. The second kappa shape index (κ2) is 6.32. The average molecular weight is 327 g/mol. The minimum atomic E-state index is -0.123. The molecule has 2 aromatic rings. The van der Waals surface area contributed by atoms with E-state index < -0.39 is 0 Å². The van der Waals surface area contributed by atoms with Crippen molar-refractivity contribution in [3.05, 3.63) is 41.7 Å². The number of nitrogens with zero attached hydrogens (tertiary/aromatic N) is 5. The molecule has 24 heavy (non-hydrogen) atoms. The summed E-state index contributed by atoms with van der Waals surface area (Å²) in [5, 5.41) is 4.37. The molecule has 0 spiro atoms. The predicted molar refractivity (Wildman–Crippen MR) is 86.3 cm³/mol. The van der Waals surface area contributed by atoms with Crippen LogP contribution in [-0.4, -0.2) is 50.3 Å². The van der Waals surface area contributed by atoms with Gasteiger partial charge < -0.3 is 9.64 Å². The molecule has 1 saturated carbocycles. The van der Waals surface area contributed by atoms with Crippen LogP contribution in [0, 0.1) is 5.92 Å². The van der Waals surface area contributed by atoms with E-state index in [0.717, 1.165) is 18.7 Å². The van der Waals surface area contributed by atoms with Gasteiger partial charge in [0.05, 0.1) is 24.5 Å². The van der Waals surface area contributed by atoms with Gasteiger partial charge in [0.25, 0.3) is 5.91 Å². The molecular formula is C17H21N5O2. The highest BCUT2D eigenvalue weighted by atomic mass is 16.5. The van der Waals surface area contributed by atoms with Crippen LogP contribution in [0.4, 0.5) is 0 Å². The Morgan fingerprint density at radius 3 is 3.00 bits per heavy atom. The van der Waals surface area contributed by atoms with Gasteiger partial charge in [0.2, 0.25) is 0 Å². The highest BCUT2D eigenvalue weighted by Crippen LogP contribution is 2.33. The van der Waals surface area contributed by atoms with Crippen LogP contribution in [0.15, 0.2) is 24.8 Å². The maximum Gasteiger partial charge on any atom is 0.273 e. The first-order valence-corrected chi connectivity index (χ1v) is 8.39. The van der Waals surface area contributed by atoms with E-state index in [1.54, 1.807) is 12.3 Å². The lowest BCUT2D eigenvalue weighted by molar-refractivity contribution is 0.0344. The van der Waals surface area contributed by atoms with Crippen molar-refractivity contribution < 1.29 is 9.53 Å². The molecule has 2 aliphatic rings. The number of rotatable bonds is 5. The molecule has 3 heterocycles. The van der Waals surface area contributed by atoms with E-state index in [2.05, 4.69) is 15.1 Å². The lowest BCUT2D eigenvalue weighted by Crippen LogP contribution is -2.43. The first-order chi connectivity index (χ1) is 11.7. The number of hydrogen-bond donors (Lipinski definition) is 0. The maximum atomic E-state index is 12.9. The van der Waals surface area contributed by atoms with Gasteiger partial charge in [0.15, 0.2) is 0 Å². The largest absolute Gasteiger partial charge is 0.379 e. The fourth-order valence-electron chi connectivity index (χ4n) is 3.27. The summed E-state index contributed by atoms with van der Waals surface area (Å²) in [5.74, 6) is 0.620. The van der Waals surface area contributed by atoms with Crippen molar-refractivity contribution in [1.29, 1.82) is 0 Å². The topological polar surface area (TPSA) is 73.1 Å². The van der Waals surface area contributed by atoms with Crippen LogP contribution in [0.25, 0.3) is 0 Å². The second-order valence-electron chi connectivity index (χ2n) is 6.52. The monoisotopic (exact) mass is 327 g/mol. The molecule has 0 aromatic carbocycles. The molecule has 1 aliphatic carbocycles. The number of hydrogen-bond acceptors (Lipinski definition) is 5. The van der Waals surface area contributed by atoms with Gasteiger partial charge in [-0.1, -0.05) is 0 Å². The third kappa shape index (κ3) is 2.91. The summed E-state index contributed by atoms with van der Waals surface area (Å²) in [5.41, 5.74) is 2.69. The second-order valence-corrected chi connectivity index (χ2v) is 6.52. The van der Waals surface area contributed by atoms with Crippen molar-refractivity contribution in [1.82, 2.24) is 24.6 Å². The number of carbonyl (C=O) groups excluding carboxylic acids is 1. The SMILES string of the molecule is Cn1ncc2c1[C@@H](COCC1CC1)N(C(=O)c1ccncn1)CC2. The third-order valence-corrected chi connectivity index (χ3v) is 4.77. The van der Waals surface area contributed by atoms with Crippen molar-refractivity contribution in [3.8, 4) is 0 Å². The van der Waals surface area contributed by atoms with Gasteiger partial charge in [0.1, 0.15) is 12.0 Å². The van der Waals surface area contributed by atoms with Crippen molar-refractivity contribution in [3.63, 3.8) is 0 Å². The quantitative estimate of drug-likeness (QED) is 0.829. The minimum Gasteiger partial charge on any atom is -0.379 e. The van der Waals surface area contributed by atoms with Gasteiger partial charge in [-0.2, -0.15) is 5.10 Å². The number of aromatic nitrogens is 4. The Labute approximate surface area is 140 Å². The van der Waals surface area contributed by atoms with Gasteiger partial charge >= 0.3 is 0 Å². The minimum absolute atomic E-state index is 0.0794. The highest BCUT2D eigenvalue weighted by molar-refractivity contribution is 5.92. The Morgan fingerprint density at radius 2 is 2.25 bits per heavy atom. The van der Waals surface area contributed by atoms with Crippen molar-refractivity contribution in [2.75, 3.05) is 19.8 Å². The van der Waals surface area contributed by atoms with Crippen LogP contribution < -0.4 is 0 Å². The highest BCUT2D eigenvalue weighted by Gasteiger charge is 2.35. The molecule has 7 heteroatoms. The van der Waals surface area contributed by atoms with Crippen LogP contribution in [0.1, 0.15) is 40.6 Å².